The predicted molar refractivity (Wildman–Crippen MR) is 85.9 cm³/mol. The summed E-state index contributed by atoms with van der Waals surface area (Å²) < 4.78 is 10.8. The van der Waals surface area contributed by atoms with Crippen LogP contribution in [0.15, 0.2) is 24.3 Å². The number of carbonyl (C=O) groups is 1. The largest absolute Gasteiger partial charge is 0.497 e. The Labute approximate surface area is 132 Å². The van der Waals surface area contributed by atoms with Crippen molar-refractivity contribution in [2.24, 2.45) is 5.73 Å². The van der Waals surface area contributed by atoms with E-state index < -0.39 is 5.60 Å². The Hall–Kier alpha value is -1.75. The van der Waals surface area contributed by atoms with Crippen LogP contribution in [0, 0.1) is 0 Å². The second-order valence-electron chi connectivity index (χ2n) is 6.68. The van der Waals surface area contributed by atoms with Gasteiger partial charge < -0.3 is 15.2 Å². The van der Waals surface area contributed by atoms with Crippen LogP contribution >= 0.6 is 0 Å². The number of hydrogen-bond donors (Lipinski definition) is 1. The number of nitrogens with two attached hydrogens (primary N) is 1. The summed E-state index contributed by atoms with van der Waals surface area (Å²) in [6, 6.07) is 7.84. The number of carbonyl (C=O) groups excluding carboxylic acids is 1. The molecule has 0 radical (unpaired) electrons. The molecule has 1 saturated heterocycles. The van der Waals surface area contributed by atoms with E-state index in [0.717, 1.165) is 17.7 Å². The van der Waals surface area contributed by atoms with Crippen molar-refractivity contribution in [3.05, 3.63) is 29.8 Å². The van der Waals surface area contributed by atoms with Crippen molar-refractivity contribution >= 4 is 6.09 Å². The Morgan fingerprint density at radius 3 is 2.64 bits per heavy atom. The Bertz CT molecular complexity index is 539. The van der Waals surface area contributed by atoms with E-state index in [-0.39, 0.29) is 11.6 Å². The van der Waals surface area contributed by atoms with E-state index >= 15 is 0 Å². The number of rotatable bonds is 4. The lowest BCUT2D eigenvalue weighted by atomic mass is 9.76. The molecule has 1 unspecified atom stereocenters. The molecule has 5 heteroatoms. The highest BCUT2D eigenvalue weighted by molar-refractivity contribution is 5.71. The van der Waals surface area contributed by atoms with Gasteiger partial charge in [-0.05, 0) is 57.9 Å². The van der Waals surface area contributed by atoms with Crippen molar-refractivity contribution in [2.75, 3.05) is 20.2 Å². The average Bonchev–Trinajstić information content (AvgIpc) is 2.41. The van der Waals surface area contributed by atoms with Crippen molar-refractivity contribution in [3.63, 3.8) is 0 Å². The molecule has 1 aliphatic heterocycles. The SMILES string of the molecule is COc1cccc(C2(CCN)CCN2C(=O)OC(C)(C)C)c1. The maximum Gasteiger partial charge on any atom is 0.411 e. The van der Waals surface area contributed by atoms with E-state index in [0.29, 0.717) is 19.5 Å². The number of benzene rings is 1. The molecular formula is C17H26N2O3. The summed E-state index contributed by atoms with van der Waals surface area (Å²) in [5.74, 6) is 0.782. The van der Waals surface area contributed by atoms with Gasteiger partial charge in [-0.3, -0.25) is 4.90 Å². The zero-order valence-corrected chi connectivity index (χ0v) is 13.9. The van der Waals surface area contributed by atoms with Crippen LogP contribution in [-0.2, 0) is 10.3 Å². The fourth-order valence-electron chi connectivity index (χ4n) is 2.93. The number of nitrogens with zero attached hydrogens (tertiary/aromatic N) is 1. The van der Waals surface area contributed by atoms with Gasteiger partial charge in [0.1, 0.15) is 11.4 Å². The Morgan fingerprint density at radius 2 is 2.14 bits per heavy atom. The molecule has 0 saturated carbocycles. The van der Waals surface area contributed by atoms with Crippen molar-refractivity contribution in [3.8, 4) is 5.75 Å². The van der Waals surface area contributed by atoms with Gasteiger partial charge in [0.25, 0.3) is 0 Å². The van der Waals surface area contributed by atoms with Gasteiger partial charge in [-0.25, -0.2) is 4.79 Å². The van der Waals surface area contributed by atoms with E-state index in [1.807, 2.05) is 45.0 Å². The normalized spacial score (nSPS) is 21.2. The summed E-state index contributed by atoms with van der Waals surface area (Å²) in [6.07, 6.45) is 1.31. The van der Waals surface area contributed by atoms with E-state index in [1.165, 1.54) is 0 Å². The van der Waals surface area contributed by atoms with Crippen molar-refractivity contribution in [1.82, 2.24) is 4.90 Å². The molecule has 1 fully saturated rings. The molecule has 0 bridgehead atoms. The molecule has 122 valence electrons. The summed E-state index contributed by atoms with van der Waals surface area (Å²) in [5, 5.41) is 0. The fourth-order valence-corrected chi connectivity index (χ4v) is 2.93. The second-order valence-corrected chi connectivity index (χ2v) is 6.68. The van der Waals surface area contributed by atoms with Crippen molar-refractivity contribution < 1.29 is 14.3 Å². The van der Waals surface area contributed by atoms with Gasteiger partial charge >= 0.3 is 6.09 Å². The molecule has 5 nitrogen and oxygen atoms in total. The predicted octanol–water partition coefficient (Wildman–Crippen LogP) is 2.88. The van der Waals surface area contributed by atoms with Crippen molar-refractivity contribution in [1.29, 1.82) is 0 Å². The molecule has 0 aliphatic carbocycles. The first kappa shape index (κ1) is 16.6. The summed E-state index contributed by atoms with van der Waals surface area (Å²) in [7, 11) is 1.64. The number of amides is 1. The fraction of sp³-hybridized carbons (Fsp3) is 0.588. The molecular weight excluding hydrogens is 280 g/mol. The summed E-state index contributed by atoms with van der Waals surface area (Å²) in [6.45, 7) is 6.82. The van der Waals surface area contributed by atoms with E-state index in [4.69, 9.17) is 15.2 Å². The van der Waals surface area contributed by atoms with Gasteiger partial charge in [0.15, 0.2) is 0 Å². The number of likely N-dealkylation sites (tertiary alicyclic amines) is 1. The Kier molecular flexibility index (Phi) is 4.66. The van der Waals surface area contributed by atoms with Crippen LogP contribution in [0.3, 0.4) is 0 Å². The van der Waals surface area contributed by atoms with E-state index in [9.17, 15) is 4.79 Å². The van der Waals surface area contributed by atoms with Gasteiger partial charge in [-0.2, -0.15) is 0 Å². The highest BCUT2D eigenvalue weighted by Gasteiger charge is 2.49. The monoisotopic (exact) mass is 306 g/mol. The van der Waals surface area contributed by atoms with Crippen LogP contribution in [0.25, 0.3) is 0 Å². The van der Waals surface area contributed by atoms with Crippen LogP contribution in [-0.4, -0.2) is 36.8 Å². The van der Waals surface area contributed by atoms with E-state index in [2.05, 4.69) is 0 Å². The summed E-state index contributed by atoms with van der Waals surface area (Å²) in [5.41, 5.74) is 5.97. The maximum atomic E-state index is 12.5. The molecule has 1 heterocycles. The molecule has 1 aromatic rings. The maximum absolute atomic E-state index is 12.5. The zero-order valence-electron chi connectivity index (χ0n) is 13.9. The average molecular weight is 306 g/mol. The lowest BCUT2D eigenvalue weighted by molar-refractivity contribution is -0.0504. The van der Waals surface area contributed by atoms with Gasteiger partial charge in [0.2, 0.25) is 0 Å². The van der Waals surface area contributed by atoms with Gasteiger partial charge in [0.05, 0.1) is 12.6 Å². The molecule has 2 rings (SSSR count). The Morgan fingerprint density at radius 1 is 1.41 bits per heavy atom. The molecule has 2 N–H and O–H groups in total. The third-order valence-electron chi connectivity index (χ3n) is 4.04. The van der Waals surface area contributed by atoms with Crippen LogP contribution in [0.2, 0.25) is 0 Å². The molecule has 1 atom stereocenters. The van der Waals surface area contributed by atoms with Crippen molar-refractivity contribution in [2.45, 2.75) is 44.8 Å². The van der Waals surface area contributed by atoms with Crippen LogP contribution in [0.4, 0.5) is 4.79 Å². The lowest BCUT2D eigenvalue weighted by Gasteiger charge is -2.53. The Balaban J connectivity index is 2.30. The number of hydrogen-bond acceptors (Lipinski definition) is 4. The molecule has 1 aromatic carbocycles. The van der Waals surface area contributed by atoms with E-state index in [1.54, 1.807) is 12.0 Å². The number of methoxy groups -OCH3 is 1. The minimum atomic E-state index is -0.504. The first-order chi connectivity index (χ1) is 10.3. The van der Waals surface area contributed by atoms with Gasteiger partial charge in [-0.1, -0.05) is 12.1 Å². The summed E-state index contributed by atoms with van der Waals surface area (Å²) in [4.78, 5) is 14.3. The van der Waals surface area contributed by atoms with Crippen LogP contribution < -0.4 is 10.5 Å². The first-order valence-corrected chi connectivity index (χ1v) is 7.67. The van der Waals surface area contributed by atoms with Crippen LogP contribution in [0.5, 0.6) is 5.75 Å². The molecule has 0 spiro atoms. The smallest absolute Gasteiger partial charge is 0.411 e. The molecule has 22 heavy (non-hydrogen) atoms. The molecule has 1 amide bonds. The van der Waals surface area contributed by atoms with Gasteiger partial charge in [0, 0.05) is 6.54 Å². The van der Waals surface area contributed by atoms with Gasteiger partial charge in [-0.15, -0.1) is 0 Å². The minimum Gasteiger partial charge on any atom is -0.497 e. The quantitative estimate of drug-likeness (QED) is 0.929. The highest BCUT2D eigenvalue weighted by Crippen LogP contribution is 2.44. The summed E-state index contributed by atoms with van der Waals surface area (Å²) >= 11 is 0. The highest BCUT2D eigenvalue weighted by atomic mass is 16.6. The zero-order chi connectivity index (χ0) is 16.4. The third-order valence-corrected chi connectivity index (χ3v) is 4.04. The second kappa shape index (κ2) is 6.16. The first-order valence-electron chi connectivity index (χ1n) is 7.67. The minimum absolute atomic E-state index is 0.282. The third kappa shape index (κ3) is 3.19. The topological polar surface area (TPSA) is 64.8 Å². The lowest BCUT2D eigenvalue weighted by Crippen LogP contribution is -2.61. The molecule has 1 aliphatic rings. The standard InChI is InChI=1S/C17H26N2O3/c1-16(2,3)22-15(20)19-11-9-17(19,8-10-18)13-6-5-7-14(12-13)21-4/h5-7,12H,8-11,18H2,1-4H3. The van der Waals surface area contributed by atoms with Crippen LogP contribution in [0.1, 0.15) is 39.2 Å². The molecule has 0 aromatic heterocycles. The number of ether oxygens (including phenoxy) is 2.